The number of aliphatic hydroxyl groups excluding tert-OH is 1. The third-order valence-corrected chi connectivity index (χ3v) is 4.65. The minimum Gasteiger partial charge on any atom is -0.395 e. The molecule has 1 aromatic carbocycles. The van der Waals surface area contributed by atoms with Gasteiger partial charge in [0.15, 0.2) is 0 Å². The molecular formula is C13H15NOS. The lowest BCUT2D eigenvalue weighted by molar-refractivity contribution is 0.120. The number of benzene rings is 1. The fourth-order valence-corrected chi connectivity index (χ4v) is 3.38. The Hall–Kier alpha value is -0.930. The predicted molar refractivity (Wildman–Crippen MR) is 67.0 cm³/mol. The Kier molecular flexibility index (Phi) is 2.26. The Morgan fingerprint density at radius 3 is 2.88 bits per heavy atom. The van der Waals surface area contributed by atoms with Gasteiger partial charge in [0.2, 0.25) is 0 Å². The normalized spacial score (nSPS) is 18.6. The molecule has 1 saturated carbocycles. The van der Waals surface area contributed by atoms with E-state index in [2.05, 4.69) is 23.2 Å². The molecule has 16 heavy (non-hydrogen) atoms. The van der Waals surface area contributed by atoms with Gasteiger partial charge in [-0.15, -0.1) is 11.3 Å². The molecule has 84 valence electrons. The Morgan fingerprint density at radius 2 is 2.25 bits per heavy atom. The van der Waals surface area contributed by atoms with Crippen molar-refractivity contribution in [3.05, 3.63) is 28.8 Å². The largest absolute Gasteiger partial charge is 0.395 e. The monoisotopic (exact) mass is 233 g/mol. The van der Waals surface area contributed by atoms with Crippen LogP contribution in [0.2, 0.25) is 0 Å². The van der Waals surface area contributed by atoms with E-state index in [4.69, 9.17) is 0 Å². The molecule has 1 aliphatic carbocycles. The lowest BCUT2D eigenvalue weighted by atomic mass is 9.65. The summed E-state index contributed by atoms with van der Waals surface area (Å²) in [6.45, 7) is 2.31. The van der Waals surface area contributed by atoms with Crippen LogP contribution in [-0.2, 0) is 5.41 Å². The highest BCUT2D eigenvalue weighted by Gasteiger charge is 2.38. The number of aliphatic hydroxyl groups is 1. The summed E-state index contributed by atoms with van der Waals surface area (Å²) < 4.78 is 1.25. The van der Waals surface area contributed by atoms with Crippen LogP contribution in [0.25, 0.3) is 10.2 Å². The molecular weight excluding hydrogens is 218 g/mol. The van der Waals surface area contributed by atoms with Crippen molar-refractivity contribution >= 4 is 21.6 Å². The first-order valence-electron chi connectivity index (χ1n) is 5.72. The van der Waals surface area contributed by atoms with Crippen molar-refractivity contribution in [2.24, 2.45) is 0 Å². The quantitative estimate of drug-likeness (QED) is 0.865. The van der Waals surface area contributed by atoms with Gasteiger partial charge in [-0.25, -0.2) is 4.98 Å². The van der Waals surface area contributed by atoms with Gasteiger partial charge in [0.25, 0.3) is 0 Å². The molecule has 0 radical (unpaired) electrons. The number of thiazole rings is 1. The molecule has 0 amide bonds. The molecule has 1 heterocycles. The van der Waals surface area contributed by atoms with Crippen LogP contribution in [0.5, 0.6) is 0 Å². The van der Waals surface area contributed by atoms with Gasteiger partial charge in [-0.2, -0.15) is 0 Å². The molecule has 3 heteroatoms. The molecule has 3 rings (SSSR count). The molecule has 0 aliphatic heterocycles. The van der Waals surface area contributed by atoms with Gasteiger partial charge in [0.1, 0.15) is 0 Å². The number of fused-ring (bicyclic) bond motifs is 1. The van der Waals surface area contributed by atoms with Crippen LogP contribution >= 0.6 is 11.3 Å². The van der Waals surface area contributed by atoms with Crippen molar-refractivity contribution in [2.75, 3.05) is 6.61 Å². The van der Waals surface area contributed by atoms with Crippen LogP contribution in [0.4, 0.5) is 0 Å². The van der Waals surface area contributed by atoms with Crippen molar-refractivity contribution in [2.45, 2.75) is 31.6 Å². The Labute approximate surface area is 99.0 Å². The summed E-state index contributed by atoms with van der Waals surface area (Å²) in [5, 5.41) is 10.7. The van der Waals surface area contributed by atoms with E-state index in [0.717, 1.165) is 23.4 Å². The molecule has 1 N–H and O–H groups in total. The highest BCUT2D eigenvalue weighted by molar-refractivity contribution is 7.18. The Morgan fingerprint density at radius 1 is 1.44 bits per heavy atom. The summed E-state index contributed by atoms with van der Waals surface area (Å²) in [5.41, 5.74) is 2.42. The number of rotatable bonds is 2. The van der Waals surface area contributed by atoms with Gasteiger partial charge in [-0.05, 0) is 37.5 Å². The number of aryl methyl sites for hydroxylation is 1. The van der Waals surface area contributed by atoms with E-state index < -0.39 is 0 Å². The lowest BCUT2D eigenvalue weighted by Gasteiger charge is -2.40. The van der Waals surface area contributed by atoms with Gasteiger partial charge in [0, 0.05) is 5.41 Å². The summed E-state index contributed by atoms with van der Waals surface area (Å²) in [7, 11) is 0. The standard InChI is InChI=1S/C13H15NOS/c1-9-14-11-4-3-10(7-12(11)16-9)13(8-15)5-2-6-13/h3-4,7,15H,2,5-6,8H2,1H3. The average molecular weight is 233 g/mol. The second kappa shape index (κ2) is 3.54. The van der Waals surface area contributed by atoms with E-state index in [0.29, 0.717) is 0 Å². The predicted octanol–water partition coefficient (Wildman–Crippen LogP) is 3.02. The van der Waals surface area contributed by atoms with E-state index in [1.54, 1.807) is 11.3 Å². The first kappa shape index (κ1) is 10.2. The van der Waals surface area contributed by atoms with E-state index in [-0.39, 0.29) is 12.0 Å². The van der Waals surface area contributed by atoms with Crippen LogP contribution in [0.1, 0.15) is 29.8 Å². The lowest BCUT2D eigenvalue weighted by Crippen LogP contribution is -2.37. The van der Waals surface area contributed by atoms with E-state index in [9.17, 15) is 5.11 Å². The zero-order valence-corrected chi connectivity index (χ0v) is 10.2. The topological polar surface area (TPSA) is 33.1 Å². The van der Waals surface area contributed by atoms with Crippen molar-refractivity contribution in [1.29, 1.82) is 0 Å². The first-order valence-corrected chi connectivity index (χ1v) is 6.54. The Bertz CT molecular complexity index is 522. The van der Waals surface area contributed by atoms with E-state index in [1.807, 2.05) is 6.92 Å². The van der Waals surface area contributed by atoms with Crippen LogP contribution < -0.4 is 0 Å². The summed E-state index contributed by atoms with van der Waals surface area (Å²) >= 11 is 1.73. The Balaban J connectivity index is 2.10. The van der Waals surface area contributed by atoms with Crippen molar-refractivity contribution in [3.8, 4) is 0 Å². The van der Waals surface area contributed by atoms with Crippen LogP contribution in [-0.4, -0.2) is 16.7 Å². The zero-order valence-electron chi connectivity index (χ0n) is 9.36. The fraction of sp³-hybridized carbons (Fsp3) is 0.462. The molecule has 1 aromatic heterocycles. The molecule has 0 saturated heterocycles. The van der Waals surface area contributed by atoms with Crippen molar-refractivity contribution in [3.63, 3.8) is 0 Å². The number of aromatic nitrogens is 1. The van der Waals surface area contributed by atoms with Crippen LogP contribution in [0.15, 0.2) is 18.2 Å². The minimum absolute atomic E-state index is 0.0477. The van der Waals surface area contributed by atoms with Gasteiger partial charge in [0.05, 0.1) is 21.8 Å². The summed E-state index contributed by atoms with van der Waals surface area (Å²) in [5.74, 6) is 0. The SMILES string of the molecule is Cc1nc2ccc(C3(CO)CCC3)cc2s1. The molecule has 2 nitrogen and oxygen atoms in total. The molecule has 2 aromatic rings. The minimum atomic E-state index is 0.0477. The second-order valence-corrected chi connectivity index (χ2v) is 5.94. The highest BCUT2D eigenvalue weighted by atomic mass is 32.1. The highest BCUT2D eigenvalue weighted by Crippen LogP contribution is 2.44. The van der Waals surface area contributed by atoms with Crippen molar-refractivity contribution in [1.82, 2.24) is 4.98 Å². The van der Waals surface area contributed by atoms with E-state index >= 15 is 0 Å². The fourth-order valence-electron chi connectivity index (χ4n) is 2.51. The third kappa shape index (κ3) is 1.39. The van der Waals surface area contributed by atoms with Gasteiger partial charge in [-0.1, -0.05) is 12.5 Å². The number of nitrogens with zero attached hydrogens (tertiary/aromatic N) is 1. The molecule has 0 bridgehead atoms. The van der Waals surface area contributed by atoms with Crippen LogP contribution in [0.3, 0.4) is 0 Å². The van der Waals surface area contributed by atoms with Gasteiger partial charge in [-0.3, -0.25) is 0 Å². The van der Waals surface area contributed by atoms with Crippen LogP contribution in [0, 0.1) is 6.92 Å². The summed E-state index contributed by atoms with van der Waals surface area (Å²) in [6, 6.07) is 6.44. The maximum Gasteiger partial charge on any atom is 0.0907 e. The number of hydrogen-bond donors (Lipinski definition) is 1. The number of hydrogen-bond acceptors (Lipinski definition) is 3. The van der Waals surface area contributed by atoms with Gasteiger partial charge < -0.3 is 5.11 Å². The third-order valence-electron chi connectivity index (χ3n) is 3.72. The smallest absolute Gasteiger partial charge is 0.0907 e. The molecule has 0 atom stereocenters. The zero-order chi connectivity index (χ0) is 11.2. The molecule has 1 fully saturated rings. The van der Waals surface area contributed by atoms with Gasteiger partial charge >= 0.3 is 0 Å². The molecule has 0 spiro atoms. The average Bonchev–Trinajstić information content (AvgIpc) is 2.56. The molecule has 1 aliphatic rings. The first-order chi connectivity index (χ1) is 7.73. The second-order valence-electron chi connectivity index (χ2n) is 4.71. The van der Waals surface area contributed by atoms with Crippen molar-refractivity contribution < 1.29 is 5.11 Å². The van der Waals surface area contributed by atoms with E-state index in [1.165, 1.54) is 16.7 Å². The summed E-state index contributed by atoms with van der Waals surface area (Å²) in [4.78, 5) is 4.46. The summed E-state index contributed by atoms with van der Waals surface area (Å²) in [6.07, 6.45) is 3.47. The maximum atomic E-state index is 9.56. The molecule has 0 unspecified atom stereocenters. The maximum absolute atomic E-state index is 9.56.